The Morgan fingerprint density at radius 1 is 1.17 bits per heavy atom. The topological polar surface area (TPSA) is 62.3 Å². The van der Waals surface area contributed by atoms with Gasteiger partial charge in [-0.05, 0) is 38.4 Å². The summed E-state index contributed by atoms with van der Waals surface area (Å²) in [7, 11) is -0.567. The van der Waals surface area contributed by atoms with Gasteiger partial charge in [-0.15, -0.1) is 0 Å². The lowest BCUT2D eigenvalue weighted by Crippen LogP contribution is -2.35. The van der Waals surface area contributed by atoms with Crippen LogP contribution in [0, 0.1) is 11.6 Å². The molecule has 5 nitrogen and oxygen atoms in total. The van der Waals surface area contributed by atoms with Gasteiger partial charge in [0.15, 0.2) is 0 Å². The van der Waals surface area contributed by atoms with Gasteiger partial charge in [0.2, 0.25) is 10.0 Å². The van der Waals surface area contributed by atoms with Gasteiger partial charge >= 0.3 is 0 Å². The van der Waals surface area contributed by atoms with Crippen LogP contribution in [0.3, 0.4) is 0 Å². The fourth-order valence-corrected chi connectivity index (χ4v) is 3.15. The van der Waals surface area contributed by atoms with Crippen molar-refractivity contribution < 1.29 is 17.2 Å². The Labute approximate surface area is 134 Å². The van der Waals surface area contributed by atoms with E-state index in [4.69, 9.17) is 0 Å². The summed E-state index contributed by atoms with van der Waals surface area (Å²) in [6, 6.07) is 5.65. The lowest BCUT2D eigenvalue weighted by molar-refractivity contribution is 0.283. The molecule has 124 valence electrons. The van der Waals surface area contributed by atoms with Crippen LogP contribution >= 0.6 is 0 Å². The number of aromatic nitrogens is 1. The van der Waals surface area contributed by atoms with Crippen LogP contribution in [0.4, 0.5) is 8.78 Å². The highest BCUT2D eigenvalue weighted by molar-refractivity contribution is 7.89. The Morgan fingerprint density at radius 2 is 1.83 bits per heavy atom. The molecule has 1 heterocycles. The molecule has 0 unspecified atom stereocenters. The van der Waals surface area contributed by atoms with E-state index in [1.807, 2.05) is 0 Å². The van der Waals surface area contributed by atoms with Gasteiger partial charge in [-0.2, -0.15) is 0 Å². The summed E-state index contributed by atoms with van der Waals surface area (Å²) in [4.78, 5) is 5.29. The van der Waals surface area contributed by atoms with E-state index in [0.717, 1.165) is 12.1 Å². The summed E-state index contributed by atoms with van der Waals surface area (Å²) in [5, 5.41) is 0. The van der Waals surface area contributed by atoms with Crippen LogP contribution < -0.4 is 4.72 Å². The number of sulfonamides is 1. The average molecular weight is 341 g/mol. The predicted octanol–water partition coefficient (Wildman–Crippen LogP) is 1.94. The molecule has 23 heavy (non-hydrogen) atoms. The molecule has 0 radical (unpaired) electrons. The van der Waals surface area contributed by atoms with E-state index in [2.05, 4.69) is 9.71 Å². The average Bonchev–Trinajstić information content (AvgIpc) is 2.50. The number of rotatable bonds is 6. The van der Waals surface area contributed by atoms with E-state index in [0.29, 0.717) is 0 Å². The fourth-order valence-electron chi connectivity index (χ4n) is 2.15. The number of nitrogens with zero attached hydrogens (tertiary/aromatic N) is 2. The summed E-state index contributed by atoms with van der Waals surface area (Å²) >= 11 is 0. The minimum absolute atomic E-state index is 0.00786. The van der Waals surface area contributed by atoms with Crippen molar-refractivity contribution in [2.45, 2.75) is 10.9 Å². The summed E-state index contributed by atoms with van der Waals surface area (Å²) < 4.78 is 54.7. The Balaban J connectivity index is 2.25. The van der Waals surface area contributed by atoms with Crippen LogP contribution in [-0.4, -0.2) is 38.9 Å². The Hall–Kier alpha value is -1.90. The maximum Gasteiger partial charge on any atom is 0.242 e. The highest BCUT2D eigenvalue weighted by Gasteiger charge is 2.24. The van der Waals surface area contributed by atoms with Crippen LogP contribution in [-0.2, 0) is 10.0 Å². The van der Waals surface area contributed by atoms with Crippen molar-refractivity contribution in [3.05, 3.63) is 59.9 Å². The zero-order chi connectivity index (χ0) is 17.0. The molecule has 1 N–H and O–H groups in total. The summed E-state index contributed by atoms with van der Waals surface area (Å²) in [5.74, 6) is -1.44. The number of likely N-dealkylation sites (N-methyl/N-ethyl adjacent to an activating group) is 1. The molecule has 1 aromatic heterocycles. The van der Waals surface area contributed by atoms with Crippen molar-refractivity contribution >= 4 is 10.0 Å². The molecule has 8 heteroatoms. The minimum atomic E-state index is -3.81. The van der Waals surface area contributed by atoms with Gasteiger partial charge in [-0.25, -0.2) is 21.9 Å². The first-order valence-electron chi connectivity index (χ1n) is 6.83. The smallest absolute Gasteiger partial charge is 0.242 e. The second-order valence-electron chi connectivity index (χ2n) is 5.16. The van der Waals surface area contributed by atoms with Crippen LogP contribution in [0.25, 0.3) is 0 Å². The molecule has 0 bridgehead atoms. The zero-order valence-electron chi connectivity index (χ0n) is 12.7. The van der Waals surface area contributed by atoms with Crippen molar-refractivity contribution in [3.8, 4) is 0 Å². The molecule has 1 aromatic carbocycles. The highest BCUT2D eigenvalue weighted by Crippen LogP contribution is 2.24. The molecule has 0 fully saturated rings. The van der Waals surface area contributed by atoms with E-state index in [1.54, 1.807) is 19.0 Å². The third-order valence-corrected chi connectivity index (χ3v) is 4.78. The van der Waals surface area contributed by atoms with Crippen LogP contribution in [0.1, 0.15) is 11.6 Å². The Kier molecular flexibility index (Phi) is 5.40. The standard InChI is InChI=1S/C15H17F2N3O2S/c1-20(2)14(15-12(16)6-3-7-13(15)17)10-19-23(21,22)11-5-4-8-18-9-11/h3-9,14,19H,10H2,1-2H3/t14-/m0/s1. The second-order valence-corrected chi connectivity index (χ2v) is 6.92. The number of hydrogen-bond donors (Lipinski definition) is 1. The summed E-state index contributed by atoms with van der Waals surface area (Å²) in [6.07, 6.45) is 2.66. The second kappa shape index (κ2) is 7.12. The van der Waals surface area contributed by atoms with E-state index < -0.39 is 27.7 Å². The molecule has 0 aliphatic heterocycles. The Bertz CT molecular complexity index is 747. The van der Waals surface area contributed by atoms with E-state index >= 15 is 0 Å². The van der Waals surface area contributed by atoms with Gasteiger partial charge in [-0.3, -0.25) is 4.98 Å². The first kappa shape index (κ1) is 17.5. The van der Waals surface area contributed by atoms with E-state index in [1.165, 1.54) is 30.6 Å². The van der Waals surface area contributed by atoms with Crippen molar-refractivity contribution in [3.63, 3.8) is 0 Å². The lowest BCUT2D eigenvalue weighted by atomic mass is 10.0. The third kappa shape index (κ3) is 4.10. The summed E-state index contributed by atoms with van der Waals surface area (Å²) in [6.45, 7) is -0.178. The summed E-state index contributed by atoms with van der Waals surface area (Å²) in [5.41, 5.74) is -0.175. The van der Waals surface area contributed by atoms with Gasteiger partial charge in [0.05, 0.1) is 6.04 Å². The number of nitrogens with one attached hydrogen (secondary N) is 1. The van der Waals surface area contributed by atoms with Gasteiger partial charge in [0, 0.05) is 24.5 Å². The molecule has 2 aromatic rings. The maximum absolute atomic E-state index is 13.9. The fraction of sp³-hybridized carbons (Fsp3) is 0.267. The number of pyridine rings is 1. The first-order chi connectivity index (χ1) is 10.8. The normalized spacial score (nSPS) is 13.3. The molecule has 0 amide bonds. The van der Waals surface area contributed by atoms with Crippen molar-refractivity contribution in [1.82, 2.24) is 14.6 Å². The van der Waals surface area contributed by atoms with Crippen molar-refractivity contribution in [1.29, 1.82) is 0 Å². The molecule has 0 spiro atoms. The number of benzene rings is 1. The maximum atomic E-state index is 13.9. The van der Waals surface area contributed by atoms with Crippen molar-refractivity contribution in [2.75, 3.05) is 20.6 Å². The van der Waals surface area contributed by atoms with E-state index in [9.17, 15) is 17.2 Å². The molecular weight excluding hydrogens is 324 g/mol. The highest BCUT2D eigenvalue weighted by atomic mass is 32.2. The molecule has 2 rings (SSSR count). The van der Waals surface area contributed by atoms with Crippen molar-refractivity contribution in [2.24, 2.45) is 0 Å². The van der Waals surface area contributed by atoms with Gasteiger partial charge in [-0.1, -0.05) is 6.07 Å². The van der Waals surface area contributed by atoms with Gasteiger partial charge in [0.1, 0.15) is 16.5 Å². The quantitative estimate of drug-likeness (QED) is 0.872. The lowest BCUT2D eigenvalue weighted by Gasteiger charge is -2.25. The van der Waals surface area contributed by atoms with E-state index in [-0.39, 0.29) is 17.0 Å². The Morgan fingerprint density at radius 3 is 2.35 bits per heavy atom. The monoisotopic (exact) mass is 341 g/mol. The van der Waals surface area contributed by atoms with Gasteiger partial charge < -0.3 is 4.90 Å². The van der Waals surface area contributed by atoms with Crippen LogP contribution in [0.5, 0.6) is 0 Å². The largest absolute Gasteiger partial charge is 0.301 e. The molecule has 1 atom stereocenters. The van der Waals surface area contributed by atoms with Gasteiger partial charge in [0.25, 0.3) is 0 Å². The zero-order valence-corrected chi connectivity index (χ0v) is 13.5. The molecular formula is C15H17F2N3O2S. The molecule has 0 saturated carbocycles. The number of halogens is 2. The molecule has 0 aliphatic rings. The number of hydrogen-bond acceptors (Lipinski definition) is 4. The van der Waals surface area contributed by atoms with Crippen LogP contribution in [0.15, 0.2) is 47.6 Å². The third-order valence-electron chi connectivity index (χ3n) is 3.37. The molecule has 0 saturated heterocycles. The molecule has 0 aliphatic carbocycles. The first-order valence-corrected chi connectivity index (χ1v) is 8.31. The predicted molar refractivity (Wildman–Crippen MR) is 82.2 cm³/mol. The van der Waals surface area contributed by atoms with Crippen LogP contribution in [0.2, 0.25) is 0 Å². The minimum Gasteiger partial charge on any atom is -0.301 e. The SMILES string of the molecule is CN(C)[C@@H](CNS(=O)(=O)c1cccnc1)c1c(F)cccc1F.